The first-order valence-electron chi connectivity index (χ1n) is 5.04. The quantitative estimate of drug-likeness (QED) is 0.659. The van der Waals surface area contributed by atoms with E-state index in [-0.39, 0.29) is 23.0 Å². The van der Waals surface area contributed by atoms with Gasteiger partial charge >= 0.3 is 12.0 Å². The van der Waals surface area contributed by atoms with Crippen molar-refractivity contribution in [1.82, 2.24) is 9.97 Å². The number of non-ortho nitro benzene ring substituents is 1. The third-order valence-corrected chi connectivity index (χ3v) is 2.11. The number of rotatable bonds is 4. The van der Waals surface area contributed by atoms with E-state index in [0.29, 0.717) is 0 Å². The van der Waals surface area contributed by atoms with Gasteiger partial charge in [0.05, 0.1) is 16.6 Å². The molecule has 0 radical (unpaired) electrons. The van der Waals surface area contributed by atoms with Crippen LogP contribution in [0.3, 0.4) is 0 Å². The zero-order valence-corrected chi connectivity index (χ0v) is 9.39. The lowest BCUT2D eigenvalue weighted by Crippen LogP contribution is -2.00. The lowest BCUT2D eigenvalue weighted by Gasteiger charge is -2.03. The zero-order valence-electron chi connectivity index (χ0n) is 9.39. The minimum atomic E-state index is -1.15. The van der Waals surface area contributed by atoms with Crippen molar-refractivity contribution in [3.63, 3.8) is 0 Å². The Morgan fingerprint density at radius 1 is 1.32 bits per heavy atom. The number of aromatic nitrogens is 2. The maximum absolute atomic E-state index is 10.6. The van der Waals surface area contributed by atoms with E-state index in [1.807, 2.05) is 0 Å². The Hall–Kier alpha value is -3.03. The number of carboxylic acid groups (broad SMARTS) is 1. The van der Waals surface area contributed by atoms with Crippen LogP contribution in [0.25, 0.3) is 0 Å². The molecule has 8 nitrogen and oxygen atoms in total. The molecule has 0 fully saturated rings. The summed E-state index contributed by atoms with van der Waals surface area (Å²) in [4.78, 5) is 28.0. The summed E-state index contributed by atoms with van der Waals surface area (Å²) in [6.45, 7) is 0. The van der Waals surface area contributed by atoms with Crippen LogP contribution in [0.2, 0.25) is 0 Å². The van der Waals surface area contributed by atoms with Gasteiger partial charge in [0.1, 0.15) is 5.75 Å². The monoisotopic (exact) mass is 261 g/mol. The van der Waals surface area contributed by atoms with Crippen molar-refractivity contribution in [2.24, 2.45) is 0 Å². The van der Waals surface area contributed by atoms with Crippen LogP contribution < -0.4 is 4.74 Å². The van der Waals surface area contributed by atoms with Crippen LogP contribution in [-0.4, -0.2) is 26.0 Å². The van der Waals surface area contributed by atoms with Gasteiger partial charge in [-0.15, -0.1) is 0 Å². The van der Waals surface area contributed by atoms with Crippen molar-refractivity contribution in [3.8, 4) is 11.8 Å². The molecule has 1 N–H and O–H groups in total. The molecule has 0 amide bonds. The Balaban J connectivity index is 2.19. The highest BCUT2D eigenvalue weighted by Gasteiger charge is 2.09. The fourth-order valence-corrected chi connectivity index (χ4v) is 1.25. The second-order valence-corrected chi connectivity index (χ2v) is 3.42. The van der Waals surface area contributed by atoms with Crippen LogP contribution in [0.4, 0.5) is 5.69 Å². The van der Waals surface area contributed by atoms with Gasteiger partial charge in [0.25, 0.3) is 5.69 Å². The number of carboxylic acids is 1. The number of benzene rings is 1. The van der Waals surface area contributed by atoms with E-state index < -0.39 is 10.9 Å². The van der Waals surface area contributed by atoms with E-state index in [4.69, 9.17) is 9.84 Å². The largest absolute Gasteiger partial charge is 0.478 e. The van der Waals surface area contributed by atoms with Crippen molar-refractivity contribution in [2.45, 2.75) is 0 Å². The number of nitro benzene ring substituents is 1. The van der Waals surface area contributed by atoms with Gasteiger partial charge < -0.3 is 9.84 Å². The molecule has 0 aliphatic heterocycles. The van der Waals surface area contributed by atoms with Crippen molar-refractivity contribution in [3.05, 3.63) is 52.3 Å². The predicted molar refractivity (Wildman–Crippen MR) is 62.2 cm³/mol. The van der Waals surface area contributed by atoms with Gasteiger partial charge in [-0.3, -0.25) is 10.1 Å². The molecular formula is C11H7N3O5. The number of hydrogen-bond acceptors (Lipinski definition) is 6. The Labute approximate surface area is 106 Å². The Morgan fingerprint density at radius 2 is 2.00 bits per heavy atom. The molecule has 0 atom stereocenters. The molecule has 0 aliphatic carbocycles. The third-order valence-electron chi connectivity index (χ3n) is 2.11. The van der Waals surface area contributed by atoms with Gasteiger partial charge in [-0.2, -0.15) is 0 Å². The normalized spacial score (nSPS) is 9.89. The minimum absolute atomic E-state index is 0.0774. The zero-order chi connectivity index (χ0) is 13.8. The lowest BCUT2D eigenvalue weighted by atomic mass is 10.3. The summed E-state index contributed by atoms with van der Waals surface area (Å²) in [6, 6.07) is 5.40. The SMILES string of the molecule is O=C(O)c1cnc(Oc2cccc([N+](=O)[O-])c2)nc1. The molecular weight excluding hydrogens is 254 g/mol. The number of nitro groups is 1. The second kappa shape index (κ2) is 5.08. The maximum Gasteiger partial charge on any atom is 0.338 e. The van der Waals surface area contributed by atoms with Crippen LogP contribution in [0, 0.1) is 10.1 Å². The van der Waals surface area contributed by atoms with E-state index in [9.17, 15) is 14.9 Å². The molecule has 0 saturated carbocycles. The Morgan fingerprint density at radius 3 is 2.58 bits per heavy atom. The summed E-state index contributed by atoms with van der Waals surface area (Å²) in [7, 11) is 0. The minimum Gasteiger partial charge on any atom is -0.478 e. The van der Waals surface area contributed by atoms with Crippen molar-refractivity contribution in [2.75, 3.05) is 0 Å². The number of aromatic carboxylic acids is 1. The van der Waals surface area contributed by atoms with E-state index in [2.05, 4.69) is 9.97 Å². The fraction of sp³-hybridized carbons (Fsp3) is 0. The summed E-state index contributed by atoms with van der Waals surface area (Å²) in [5.41, 5.74) is -0.203. The van der Waals surface area contributed by atoms with Crippen LogP contribution in [0.5, 0.6) is 11.8 Å². The molecule has 19 heavy (non-hydrogen) atoms. The molecule has 0 saturated heterocycles. The van der Waals surface area contributed by atoms with Crippen molar-refractivity contribution >= 4 is 11.7 Å². The van der Waals surface area contributed by atoms with Crippen LogP contribution in [0.15, 0.2) is 36.7 Å². The van der Waals surface area contributed by atoms with Gasteiger partial charge in [0.2, 0.25) is 0 Å². The van der Waals surface area contributed by atoms with Crippen LogP contribution >= 0.6 is 0 Å². The molecule has 0 bridgehead atoms. The average Bonchev–Trinajstić information content (AvgIpc) is 2.39. The van der Waals surface area contributed by atoms with E-state index >= 15 is 0 Å². The average molecular weight is 261 g/mol. The molecule has 0 unspecified atom stereocenters. The topological polar surface area (TPSA) is 115 Å². The molecule has 8 heteroatoms. The molecule has 2 rings (SSSR count). The highest BCUT2D eigenvalue weighted by atomic mass is 16.6. The standard InChI is InChI=1S/C11H7N3O5/c15-10(16)7-5-12-11(13-6-7)19-9-3-1-2-8(4-9)14(17)18/h1-6H,(H,15,16). The fourth-order valence-electron chi connectivity index (χ4n) is 1.25. The van der Waals surface area contributed by atoms with Crippen molar-refractivity contribution < 1.29 is 19.6 Å². The first-order chi connectivity index (χ1) is 9.06. The van der Waals surface area contributed by atoms with E-state index in [1.165, 1.54) is 24.3 Å². The number of ether oxygens (including phenoxy) is 1. The first kappa shape index (κ1) is 12.4. The predicted octanol–water partition coefficient (Wildman–Crippen LogP) is 1.88. The summed E-state index contributed by atoms with van der Waals surface area (Å²) in [6.07, 6.45) is 2.17. The molecule has 1 aromatic carbocycles. The van der Waals surface area contributed by atoms with Gasteiger partial charge in [-0.05, 0) is 6.07 Å². The first-order valence-corrected chi connectivity index (χ1v) is 5.04. The van der Waals surface area contributed by atoms with Crippen molar-refractivity contribution in [1.29, 1.82) is 0 Å². The maximum atomic E-state index is 10.6. The number of hydrogen-bond donors (Lipinski definition) is 1. The van der Waals surface area contributed by atoms with E-state index in [0.717, 1.165) is 12.4 Å². The molecule has 1 aromatic heterocycles. The smallest absolute Gasteiger partial charge is 0.338 e. The second-order valence-electron chi connectivity index (χ2n) is 3.42. The summed E-state index contributed by atoms with van der Waals surface area (Å²) in [5.74, 6) is -0.959. The lowest BCUT2D eigenvalue weighted by molar-refractivity contribution is -0.384. The van der Waals surface area contributed by atoms with Gasteiger partial charge in [0, 0.05) is 18.5 Å². The molecule has 0 aliphatic rings. The number of carbonyl (C=O) groups is 1. The number of nitrogens with zero attached hydrogens (tertiary/aromatic N) is 3. The molecule has 96 valence electrons. The Bertz CT molecular complexity index is 626. The summed E-state index contributed by atoms with van der Waals surface area (Å²) < 4.78 is 5.18. The van der Waals surface area contributed by atoms with Gasteiger partial charge in [-0.25, -0.2) is 14.8 Å². The molecule has 0 spiro atoms. The molecule has 1 heterocycles. The summed E-state index contributed by atoms with van der Waals surface area (Å²) >= 11 is 0. The summed E-state index contributed by atoms with van der Waals surface area (Å²) in [5, 5.41) is 19.2. The highest BCUT2D eigenvalue weighted by molar-refractivity contribution is 5.86. The van der Waals surface area contributed by atoms with Gasteiger partial charge in [-0.1, -0.05) is 6.07 Å². The Kier molecular flexibility index (Phi) is 3.33. The highest BCUT2D eigenvalue weighted by Crippen LogP contribution is 2.22. The van der Waals surface area contributed by atoms with Crippen LogP contribution in [0.1, 0.15) is 10.4 Å². The van der Waals surface area contributed by atoms with Crippen LogP contribution in [-0.2, 0) is 0 Å². The third kappa shape index (κ3) is 3.00. The van der Waals surface area contributed by atoms with Gasteiger partial charge in [0.15, 0.2) is 0 Å². The molecule has 2 aromatic rings. The van der Waals surface area contributed by atoms with E-state index in [1.54, 1.807) is 0 Å².